The molecule has 1 aromatic heterocycles. The van der Waals surface area contributed by atoms with Crippen molar-refractivity contribution in [2.24, 2.45) is 0 Å². The van der Waals surface area contributed by atoms with E-state index in [-0.39, 0.29) is 5.82 Å². The summed E-state index contributed by atoms with van der Waals surface area (Å²) in [5, 5.41) is 6.43. The quantitative estimate of drug-likeness (QED) is 0.856. The maximum absolute atomic E-state index is 13.4. The summed E-state index contributed by atoms with van der Waals surface area (Å²) in [6.45, 7) is 7.45. The smallest absolute Gasteiger partial charge is 0.227 e. The molecule has 3 heterocycles. The van der Waals surface area contributed by atoms with E-state index >= 15 is 0 Å². The highest BCUT2D eigenvalue weighted by Gasteiger charge is 2.27. The van der Waals surface area contributed by atoms with Gasteiger partial charge in [0.05, 0.1) is 16.5 Å². The minimum atomic E-state index is -1.11. The molecule has 2 aliphatic rings. The van der Waals surface area contributed by atoms with Crippen LogP contribution in [0.5, 0.6) is 0 Å². The SMILES string of the molecule is CC.O=S1CCc2nc(N3CCNCC3)nc(Nc3cccc(F)c3)c21. The molecule has 140 valence electrons. The fourth-order valence-corrected chi connectivity index (χ4v) is 4.28. The van der Waals surface area contributed by atoms with E-state index in [0.717, 1.165) is 31.9 Å². The third-order valence-corrected chi connectivity index (χ3v) is 5.62. The Kier molecular flexibility index (Phi) is 6.16. The van der Waals surface area contributed by atoms with Crippen molar-refractivity contribution in [1.82, 2.24) is 15.3 Å². The second-order valence-electron chi connectivity index (χ2n) is 5.82. The van der Waals surface area contributed by atoms with E-state index in [9.17, 15) is 8.60 Å². The topological polar surface area (TPSA) is 70.2 Å². The van der Waals surface area contributed by atoms with Crippen molar-refractivity contribution in [3.8, 4) is 0 Å². The van der Waals surface area contributed by atoms with Crippen molar-refractivity contribution in [2.45, 2.75) is 25.2 Å². The molecule has 0 saturated carbocycles. The molecule has 2 aromatic rings. The number of piperazine rings is 1. The Morgan fingerprint density at radius 3 is 2.73 bits per heavy atom. The standard InChI is InChI=1S/C16H18FN5OS.C2H6/c17-11-2-1-3-12(10-11)19-15-14-13(4-9-24(14)23)20-16(21-15)22-7-5-18-6-8-22;1-2/h1-3,10,18H,4-9H2,(H,19,20,21);1-2H3. The lowest BCUT2D eigenvalue weighted by atomic mass is 10.3. The first-order chi connectivity index (χ1) is 12.7. The first-order valence-corrected chi connectivity index (χ1v) is 10.3. The molecular formula is C18H24FN5OS. The van der Waals surface area contributed by atoms with Crippen LogP contribution in [0.15, 0.2) is 29.2 Å². The van der Waals surface area contributed by atoms with Crippen LogP contribution in [0.1, 0.15) is 19.5 Å². The van der Waals surface area contributed by atoms with Crippen LogP contribution in [0.4, 0.5) is 21.8 Å². The fourth-order valence-electron chi connectivity index (χ4n) is 2.98. The van der Waals surface area contributed by atoms with Gasteiger partial charge in [0, 0.05) is 44.0 Å². The van der Waals surface area contributed by atoms with Crippen LogP contribution in [0.25, 0.3) is 0 Å². The molecule has 6 nitrogen and oxygen atoms in total. The average molecular weight is 377 g/mol. The number of hydrogen-bond acceptors (Lipinski definition) is 6. The Bertz CT molecular complexity index is 795. The number of nitrogens with zero attached hydrogens (tertiary/aromatic N) is 3. The van der Waals surface area contributed by atoms with Gasteiger partial charge in [-0.1, -0.05) is 19.9 Å². The summed E-state index contributed by atoms with van der Waals surface area (Å²) >= 11 is 0. The molecule has 0 amide bonds. The number of aryl methyl sites for hydroxylation is 1. The maximum Gasteiger partial charge on any atom is 0.227 e. The van der Waals surface area contributed by atoms with Gasteiger partial charge in [-0.25, -0.2) is 9.37 Å². The van der Waals surface area contributed by atoms with Crippen molar-refractivity contribution < 1.29 is 8.60 Å². The van der Waals surface area contributed by atoms with Gasteiger partial charge >= 0.3 is 0 Å². The van der Waals surface area contributed by atoms with Gasteiger partial charge in [-0.15, -0.1) is 0 Å². The Hall–Kier alpha value is -2.06. The van der Waals surface area contributed by atoms with E-state index in [2.05, 4.69) is 25.5 Å². The second kappa shape index (κ2) is 8.55. The van der Waals surface area contributed by atoms with Crippen LogP contribution in [0.2, 0.25) is 0 Å². The average Bonchev–Trinajstić information content (AvgIpc) is 3.05. The lowest BCUT2D eigenvalue weighted by Crippen LogP contribution is -2.44. The van der Waals surface area contributed by atoms with Gasteiger partial charge in [-0.05, 0) is 18.2 Å². The van der Waals surface area contributed by atoms with Crippen LogP contribution >= 0.6 is 0 Å². The van der Waals surface area contributed by atoms with Crippen LogP contribution in [0, 0.1) is 5.82 Å². The van der Waals surface area contributed by atoms with E-state index in [4.69, 9.17) is 0 Å². The van der Waals surface area contributed by atoms with E-state index < -0.39 is 10.8 Å². The van der Waals surface area contributed by atoms with Crippen molar-refractivity contribution in [2.75, 3.05) is 42.1 Å². The second-order valence-corrected chi connectivity index (χ2v) is 7.33. The summed E-state index contributed by atoms with van der Waals surface area (Å²) in [6.07, 6.45) is 0.682. The summed E-state index contributed by atoms with van der Waals surface area (Å²) < 4.78 is 25.8. The molecule has 1 atom stereocenters. The number of hydrogen-bond donors (Lipinski definition) is 2. The molecule has 4 rings (SSSR count). The predicted molar refractivity (Wildman–Crippen MR) is 103 cm³/mol. The molecule has 0 spiro atoms. The largest absolute Gasteiger partial charge is 0.339 e. The van der Waals surface area contributed by atoms with E-state index in [1.165, 1.54) is 12.1 Å². The van der Waals surface area contributed by atoms with Gasteiger partial charge in [-0.2, -0.15) is 4.98 Å². The zero-order valence-corrected chi connectivity index (χ0v) is 15.9. The van der Waals surface area contributed by atoms with E-state index in [0.29, 0.717) is 34.5 Å². The molecule has 0 radical (unpaired) electrons. The number of fused-ring (bicyclic) bond motifs is 1. The number of aromatic nitrogens is 2. The Labute approximate surface area is 155 Å². The van der Waals surface area contributed by atoms with Gasteiger partial charge in [0.1, 0.15) is 10.7 Å². The number of benzene rings is 1. The Morgan fingerprint density at radius 1 is 1.23 bits per heavy atom. The van der Waals surface area contributed by atoms with E-state index in [1.54, 1.807) is 12.1 Å². The Balaban J connectivity index is 0.000000948. The molecule has 0 aliphatic carbocycles. The highest BCUT2D eigenvalue weighted by Crippen LogP contribution is 2.31. The molecule has 1 aromatic carbocycles. The molecule has 1 fully saturated rings. The summed E-state index contributed by atoms with van der Waals surface area (Å²) in [5.74, 6) is 1.41. The van der Waals surface area contributed by atoms with Crippen molar-refractivity contribution >= 4 is 28.3 Å². The van der Waals surface area contributed by atoms with Gasteiger partial charge in [-0.3, -0.25) is 4.21 Å². The Morgan fingerprint density at radius 2 is 2.00 bits per heavy atom. The number of anilines is 3. The van der Waals surface area contributed by atoms with Crippen LogP contribution in [0.3, 0.4) is 0 Å². The van der Waals surface area contributed by atoms with Crippen molar-refractivity contribution in [3.63, 3.8) is 0 Å². The van der Waals surface area contributed by atoms with Gasteiger partial charge < -0.3 is 15.5 Å². The van der Waals surface area contributed by atoms with Gasteiger partial charge in [0.25, 0.3) is 0 Å². The number of rotatable bonds is 3. The molecule has 26 heavy (non-hydrogen) atoms. The zero-order chi connectivity index (χ0) is 18.5. The van der Waals surface area contributed by atoms with E-state index in [1.807, 2.05) is 13.8 Å². The summed E-state index contributed by atoms with van der Waals surface area (Å²) in [4.78, 5) is 12.0. The normalized spacial score (nSPS) is 18.7. The zero-order valence-electron chi connectivity index (χ0n) is 15.1. The van der Waals surface area contributed by atoms with Crippen molar-refractivity contribution in [3.05, 3.63) is 35.8 Å². The first kappa shape index (κ1) is 18.7. The number of halogens is 1. The monoisotopic (exact) mass is 377 g/mol. The molecule has 8 heteroatoms. The van der Waals surface area contributed by atoms with Gasteiger partial charge in [0.2, 0.25) is 5.95 Å². The lowest BCUT2D eigenvalue weighted by molar-refractivity contribution is 0.578. The molecule has 2 N–H and O–H groups in total. The minimum Gasteiger partial charge on any atom is -0.339 e. The van der Waals surface area contributed by atoms with Crippen LogP contribution in [-0.4, -0.2) is 46.1 Å². The fraction of sp³-hybridized carbons (Fsp3) is 0.444. The molecule has 1 unspecified atom stereocenters. The third-order valence-electron chi connectivity index (χ3n) is 4.16. The van der Waals surface area contributed by atoms with Crippen molar-refractivity contribution in [1.29, 1.82) is 0 Å². The maximum atomic E-state index is 13.4. The summed E-state index contributed by atoms with van der Waals surface area (Å²) in [6, 6.07) is 6.18. The minimum absolute atomic E-state index is 0.325. The molecule has 2 aliphatic heterocycles. The molecule has 1 saturated heterocycles. The first-order valence-electron chi connectivity index (χ1n) is 8.98. The predicted octanol–water partition coefficient (Wildman–Crippen LogP) is 2.46. The van der Waals surface area contributed by atoms with Crippen LogP contribution in [-0.2, 0) is 17.2 Å². The third kappa shape index (κ3) is 4.02. The summed E-state index contributed by atoms with van der Waals surface area (Å²) in [7, 11) is -1.11. The van der Waals surface area contributed by atoms with Crippen LogP contribution < -0.4 is 15.5 Å². The number of nitrogens with one attached hydrogen (secondary N) is 2. The summed E-state index contributed by atoms with van der Waals surface area (Å²) in [5.41, 5.74) is 1.42. The molecular weight excluding hydrogens is 353 g/mol. The van der Waals surface area contributed by atoms with Gasteiger partial charge in [0.15, 0.2) is 5.82 Å². The lowest BCUT2D eigenvalue weighted by Gasteiger charge is -2.28. The highest BCUT2D eigenvalue weighted by molar-refractivity contribution is 7.85. The molecule has 0 bridgehead atoms. The highest BCUT2D eigenvalue weighted by atomic mass is 32.2.